The average Bonchev–Trinajstić information content (AvgIpc) is 3.47. The van der Waals surface area contributed by atoms with Crippen LogP contribution in [0.5, 0.6) is 11.5 Å². The molecule has 2 heterocycles. The first-order chi connectivity index (χ1) is 17.1. The van der Waals surface area contributed by atoms with Crippen molar-refractivity contribution in [2.24, 2.45) is 0 Å². The van der Waals surface area contributed by atoms with Crippen LogP contribution in [0.1, 0.15) is 45.2 Å². The smallest absolute Gasteiger partial charge is 0.247 e. The number of nitrogens with one attached hydrogen (secondary N) is 1. The van der Waals surface area contributed by atoms with Crippen molar-refractivity contribution in [2.45, 2.75) is 65.7 Å². The summed E-state index contributed by atoms with van der Waals surface area (Å²) >= 11 is 0. The fraction of sp³-hybridized carbons (Fsp3) is 0.423. The van der Waals surface area contributed by atoms with E-state index in [4.69, 9.17) is 9.47 Å². The SMILES string of the molecule is CC[C@H](C(=O)NC(C)(C)C)N(Cc1ccc2c(c1)OCO2)C(=O)Cn1nnc(-c2ccc(C)cc2)n1. The zero-order valence-electron chi connectivity index (χ0n) is 21.3. The van der Waals surface area contributed by atoms with E-state index in [1.54, 1.807) is 4.90 Å². The maximum atomic E-state index is 13.6. The zero-order chi connectivity index (χ0) is 25.9. The van der Waals surface area contributed by atoms with Gasteiger partial charge in [0.25, 0.3) is 0 Å². The van der Waals surface area contributed by atoms with Crippen molar-refractivity contribution in [1.82, 2.24) is 30.4 Å². The third kappa shape index (κ3) is 5.99. The van der Waals surface area contributed by atoms with Gasteiger partial charge >= 0.3 is 0 Å². The quantitative estimate of drug-likeness (QED) is 0.514. The number of nitrogens with zero attached hydrogens (tertiary/aromatic N) is 5. The van der Waals surface area contributed by atoms with E-state index in [2.05, 4.69) is 20.7 Å². The Balaban J connectivity index is 1.57. The third-order valence-corrected chi connectivity index (χ3v) is 5.71. The van der Waals surface area contributed by atoms with Gasteiger partial charge in [-0.05, 0) is 57.0 Å². The predicted molar refractivity (Wildman–Crippen MR) is 133 cm³/mol. The van der Waals surface area contributed by atoms with E-state index in [1.165, 1.54) is 4.80 Å². The van der Waals surface area contributed by atoms with Crippen LogP contribution in [0.3, 0.4) is 0 Å². The molecule has 1 N–H and O–H groups in total. The second kappa shape index (κ2) is 10.3. The summed E-state index contributed by atoms with van der Waals surface area (Å²) < 4.78 is 10.9. The van der Waals surface area contributed by atoms with Crippen molar-refractivity contribution in [3.05, 3.63) is 53.6 Å². The van der Waals surface area contributed by atoms with E-state index in [1.807, 2.05) is 77.1 Å². The van der Waals surface area contributed by atoms with Gasteiger partial charge in [-0.2, -0.15) is 4.80 Å². The van der Waals surface area contributed by atoms with E-state index in [9.17, 15) is 9.59 Å². The molecule has 1 aromatic heterocycles. The van der Waals surface area contributed by atoms with E-state index in [0.717, 1.165) is 16.7 Å². The number of hydrogen-bond acceptors (Lipinski definition) is 7. The molecule has 2 aromatic carbocycles. The molecule has 0 saturated heterocycles. The first-order valence-corrected chi connectivity index (χ1v) is 12.0. The molecule has 0 bridgehead atoms. The molecule has 2 amide bonds. The van der Waals surface area contributed by atoms with E-state index in [-0.39, 0.29) is 31.7 Å². The highest BCUT2D eigenvalue weighted by Gasteiger charge is 2.31. The molecule has 1 aliphatic heterocycles. The minimum absolute atomic E-state index is 0.150. The fourth-order valence-corrected chi connectivity index (χ4v) is 3.95. The van der Waals surface area contributed by atoms with Crippen molar-refractivity contribution in [1.29, 1.82) is 0 Å². The molecule has 10 nitrogen and oxygen atoms in total. The van der Waals surface area contributed by atoms with E-state index >= 15 is 0 Å². The number of hydrogen-bond donors (Lipinski definition) is 1. The number of fused-ring (bicyclic) bond motifs is 1. The largest absolute Gasteiger partial charge is 0.454 e. The summed E-state index contributed by atoms with van der Waals surface area (Å²) in [5.41, 5.74) is 2.32. The van der Waals surface area contributed by atoms with Gasteiger partial charge in [-0.3, -0.25) is 9.59 Å². The Morgan fingerprint density at radius 3 is 2.53 bits per heavy atom. The number of rotatable bonds is 8. The van der Waals surface area contributed by atoms with Crippen LogP contribution in [0.15, 0.2) is 42.5 Å². The van der Waals surface area contributed by atoms with E-state index in [0.29, 0.717) is 23.7 Å². The monoisotopic (exact) mass is 492 g/mol. The Kier molecular flexibility index (Phi) is 7.23. The minimum Gasteiger partial charge on any atom is -0.454 e. The lowest BCUT2D eigenvalue weighted by molar-refractivity contribution is -0.142. The van der Waals surface area contributed by atoms with Crippen LogP contribution in [0.2, 0.25) is 0 Å². The van der Waals surface area contributed by atoms with Crippen LogP contribution in [0.25, 0.3) is 11.4 Å². The van der Waals surface area contributed by atoms with Crippen LogP contribution < -0.4 is 14.8 Å². The lowest BCUT2D eigenvalue weighted by Crippen LogP contribution is -2.54. The Labute approximate surface area is 210 Å². The molecule has 0 aliphatic carbocycles. The molecule has 190 valence electrons. The number of amides is 2. The van der Waals surface area contributed by atoms with Gasteiger partial charge in [0.2, 0.25) is 24.4 Å². The zero-order valence-corrected chi connectivity index (χ0v) is 21.3. The van der Waals surface area contributed by atoms with Gasteiger partial charge in [0.05, 0.1) is 0 Å². The Morgan fingerprint density at radius 1 is 1.11 bits per heavy atom. The fourth-order valence-electron chi connectivity index (χ4n) is 3.95. The summed E-state index contributed by atoms with van der Waals surface area (Å²) in [5.74, 6) is 1.20. The van der Waals surface area contributed by atoms with Gasteiger partial charge in [0.1, 0.15) is 12.6 Å². The first-order valence-electron chi connectivity index (χ1n) is 12.0. The lowest BCUT2D eigenvalue weighted by Gasteiger charge is -2.33. The molecular weight excluding hydrogens is 460 g/mol. The summed E-state index contributed by atoms with van der Waals surface area (Å²) in [7, 11) is 0. The number of ether oxygens (including phenoxy) is 2. The highest BCUT2D eigenvalue weighted by Crippen LogP contribution is 2.33. The molecule has 0 spiro atoms. The van der Waals surface area contributed by atoms with Crippen LogP contribution in [-0.4, -0.2) is 55.3 Å². The molecule has 10 heteroatoms. The van der Waals surface area contributed by atoms with Crippen LogP contribution >= 0.6 is 0 Å². The molecular formula is C26H32N6O4. The first kappa shape index (κ1) is 25.2. The number of aromatic nitrogens is 4. The topological polar surface area (TPSA) is 111 Å². The average molecular weight is 493 g/mol. The number of tetrazole rings is 1. The maximum Gasteiger partial charge on any atom is 0.247 e. The number of aryl methyl sites for hydroxylation is 1. The van der Waals surface area contributed by atoms with Crippen LogP contribution in [-0.2, 0) is 22.7 Å². The summed E-state index contributed by atoms with van der Waals surface area (Å²) in [6, 6.07) is 12.6. The number of carbonyl (C=O) groups is 2. The molecule has 0 saturated carbocycles. The van der Waals surface area contributed by atoms with Crippen LogP contribution in [0, 0.1) is 6.92 Å². The van der Waals surface area contributed by atoms with Gasteiger partial charge in [-0.25, -0.2) is 0 Å². The molecule has 3 aromatic rings. The van der Waals surface area contributed by atoms with Crippen molar-refractivity contribution in [3.63, 3.8) is 0 Å². The molecule has 0 radical (unpaired) electrons. The standard InChI is InChI=1S/C26H32N6O4/c1-6-20(25(34)27-26(3,4)5)31(14-18-9-12-21-22(13-18)36-16-35-21)23(33)15-32-29-24(28-30-32)19-10-7-17(2)8-11-19/h7-13,20H,6,14-16H2,1-5H3,(H,27,34)/t20-/m1/s1. The third-order valence-electron chi connectivity index (χ3n) is 5.71. The molecule has 0 fully saturated rings. The normalized spacial score (nSPS) is 13.4. The molecule has 1 atom stereocenters. The minimum atomic E-state index is -0.678. The Hall–Kier alpha value is -3.95. The number of carbonyl (C=O) groups excluding carboxylic acids is 2. The highest BCUT2D eigenvalue weighted by molar-refractivity contribution is 5.88. The summed E-state index contributed by atoms with van der Waals surface area (Å²) in [6.45, 7) is 9.84. The van der Waals surface area contributed by atoms with Crippen molar-refractivity contribution < 1.29 is 19.1 Å². The van der Waals surface area contributed by atoms with Gasteiger partial charge in [0, 0.05) is 17.6 Å². The summed E-state index contributed by atoms with van der Waals surface area (Å²) in [5, 5.41) is 15.6. The lowest BCUT2D eigenvalue weighted by atomic mass is 10.1. The molecule has 0 unspecified atom stereocenters. The predicted octanol–water partition coefficient (Wildman–Crippen LogP) is 3.10. The van der Waals surface area contributed by atoms with Crippen LogP contribution in [0.4, 0.5) is 0 Å². The molecule has 36 heavy (non-hydrogen) atoms. The Bertz CT molecular complexity index is 1230. The second-order valence-corrected chi connectivity index (χ2v) is 9.88. The van der Waals surface area contributed by atoms with E-state index < -0.39 is 11.6 Å². The second-order valence-electron chi connectivity index (χ2n) is 9.88. The van der Waals surface area contributed by atoms with Gasteiger partial charge < -0.3 is 19.7 Å². The maximum absolute atomic E-state index is 13.6. The van der Waals surface area contributed by atoms with Crippen molar-refractivity contribution in [2.75, 3.05) is 6.79 Å². The Morgan fingerprint density at radius 2 is 1.83 bits per heavy atom. The molecule has 1 aliphatic rings. The van der Waals surface area contributed by atoms with Gasteiger partial charge in [-0.15, -0.1) is 10.2 Å². The van der Waals surface area contributed by atoms with Gasteiger partial charge in [0.15, 0.2) is 11.5 Å². The highest BCUT2D eigenvalue weighted by atomic mass is 16.7. The van der Waals surface area contributed by atoms with Crippen molar-refractivity contribution >= 4 is 11.8 Å². The van der Waals surface area contributed by atoms with Gasteiger partial charge in [-0.1, -0.05) is 42.8 Å². The summed E-state index contributed by atoms with van der Waals surface area (Å²) in [6.07, 6.45) is 0.442. The molecule has 4 rings (SSSR count). The van der Waals surface area contributed by atoms with Crippen molar-refractivity contribution in [3.8, 4) is 22.9 Å². The summed E-state index contributed by atoms with van der Waals surface area (Å²) in [4.78, 5) is 29.6. The number of benzene rings is 2.